The van der Waals surface area contributed by atoms with Crippen LogP contribution in [0.4, 0.5) is 0 Å². The average molecular weight is 393 g/mol. The zero-order valence-corrected chi connectivity index (χ0v) is 15.7. The van der Waals surface area contributed by atoms with Crippen molar-refractivity contribution in [3.8, 4) is 5.88 Å². The van der Waals surface area contributed by atoms with E-state index in [-0.39, 0.29) is 9.83 Å². The van der Waals surface area contributed by atoms with Gasteiger partial charge in [0.05, 0.1) is 27.6 Å². The summed E-state index contributed by atoms with van der Waals surface area (Å²) < 4.78 is 1.51. The minimum Gasteiger partial charge on any atom is -0.548 e. The van der Waals surface area contributed by atoms with Crippen LogP contribution in [0.3, 0.4) is 0 Å². The third kappa shape index (κ3) is 3.68. The van der Waals surface area contributed by atoms with E-state index < -0.39 is 12.0 Å². The van der Waals surface area contributed by atoms with E-state index >= 15 is 0 Å². The molecule has 0 saturated heterocycles. The molecule has 0 saturated carbocycles. The number of carbonyl (C=O) groups excluding carboxylic acids is 1. The van der Waals surface area contributed by atoms with Crippen LogP contribution in [0.2, 0.25) is 0 Å². The van der Waals surface area contributed by atoms with E-state index in [1.54, 1.807) is 6.08 Å². The molecule has 0 aliphatic carbocycles. The van der Waals surface area contributed by atoms with Gasteiger partial charge in [0.2, 0.25) is 5.88 Å². The predicted molar refractivity (Wildman–Crippen MR) is 98.6 cm³/mol. The maximum atomic E-state index is 11.5. The highest BCUT2D eigenvalue weighted by Gasteiger charge is 2.20. The van der Waals surface area contributed by atoms with Crippen molar-refractivity contribution in [1.29, 1.82) is 0 Å². The summed E-state index contributed by atoms with van der Waals surface area (Å²) in [6, 6.07) is 6.43. The second-order valence-electron chi connectivity index (χ2n) is 5.26. The number of aliphatic carboxylic acids is 1. The molecule has 0 bridgehead atoms. The molecule has 1 aliphatic rings. The Kier molecular flexibility index (Phi) is 5.36. The molecular formula is C16H14N3O3S3-. The SMILES string of the molecule is CSCC[C@H](C(=O)[O-])n1c(O)c(C=C2N=c3ccccc3=N2)sc1=S. The third-order valence-corrected chi connectivity index (χ3v) is 5.62. The Balaban J connectivity index is 2.00. The molecule has 6 nitrogen and oxygen atoms in total. The fourth-order valence-electron chi connectivity index (χ4n) is 2.45. The number of carboxylic acid groups (broad SMARTS) is 1. The van der Waals surface area contributed by atoms with Gasteiger partial charge in [-0.3, -0.25) is 4.57 Å². The van der Waals surface area contributed by atoms with Crippen LogP contribution in [0.5, 0.6) is 5.88 Å². The zero-order chi connectivity index (χ0) is 18.0. The van der Waals surface area contributed by atoms with Gasteiger partial charge in [-0.25, -0.2) is 9.98 Å². The van der Waals surface area contributed by atoms with Gasteiger partial charge in [0.25, 0.3) is 0 Å². The highest BCUT2D eigenvalue weighted by atomic mass is 32.2. The first kappa shape index (κ1) is 17.8. The van der Waals surface area contributed by atoms with Gasteiger partial charge in [-0.05, 0) is 42.8 Å². The van der Waals surface area contributed by atoms with Gasteiger partial charge < -0.3 is 15.0 Å². The number of fused-ring (bicyclic) bond motifs is 1. The molecule has 1 N–H and O–H groups in total. The Hall–Kier alpha value is -1.97. The lowest BCUT2D eigenvalue weighted by atomic mass is 10.2. The lowest BCUT2D eigenvalue weighted by Gasteiger charge is -2.20. The number of benzene rings is 1. The Morgan fingerprint density at radius 1 is 1.44 bits per heavy atom. The molecule has 25 heavy (non-hydrogen) atoms. The summed E-state index contributed by atoms with van der Waals surface area (Å²) in [5.41, 5.74) is 0. The van der Waals surface area contributed by atoms with Gasteiger partial charge in [-0.2, -0.15) is 11.8 Å². The van der Waals surface area contributed by atoms with Gasteiger partial charge in [-0.15, -0.1) is 11.3 Å². The number of aromatic hydroxyl groups is 1. The molecule has 1 atom stereocenters. The van der Waals surface area contributed by atoms with E-state index in [2.05, 4.69) is 9.98 Å². The summed E-state index contributed by atoms with van der Waals surface area (Å²) >= 11 is 7.89. The third-order valence-electron chi connectivity index (χ3n) is 3.63. The fraction of sp³-hybridized carbons (Fsp3) is 0.250. The van der Waals surface area contributed by atoms with Crippen molar-refractivity contribution in [3.05, 3.63) is 49.6 Å². The summed E-state index contributed by atoms with van der Waals surface area (Å²) in [5.74, 6) is -0.403. The van der Waals surface area contributed by atoms with Gasteiger partial charge in [0.15, 0.2) is 9.78 Å². The molecule has 0 spiro atoms. The van der Waals surface area contributed by atoms with E-state index in [9.17, 15) is 15.0 Å². The predicted octanol–water partition coefficient (Wildman–Crippen LogP) is 1.28. The quantitative estimate of drug-likeness (QED) is 0.748. The molecule has 1 aliphatic heterocycles. The number of nitrogens with zero attached hydrogens (tertiary/aromatic N) is 3. The number of hydrogen-bond donors (Lipinski definition) is 1. The highest BCUT2D eigenvalue weighted by molar-refractivity contribution is 7.98. The monoisotopic (exact) mass is 392 g/mol. The Bertz CT molecular complexity index is 986. The summed E-state index contributed by atoms with van der Waals surface area (Å²) in [7, 11) is 0. The molecule has 0 amide bonds. The number of aromatic nitrogens is 1. The Morgan fingerprint density at radius 3 is 2.64 bits per heavy atom. The number of para-hydroxylation sites is 2. The van der Waals surface area contributed by atoms with E-state index in [0.29, 0.717) is 22.9 Å². The standard InChI is InChI=1S/C16H15N3O3S3/c1-24-7-6-11(15(21)22)19-14(20)12(25-16(19)23)8-13-17-9-4-2-3-5-10(9)18-13/h2-5,8,11,20H,6-7H2,1H3,(H,21,22)/p-1/t11-/m1/s1. The number of carboxylic acids is 1. The Morgan fingerprint density at radius 2 is 2.08 bits per heavy atom. The maximum Gasteiger partial charge on any atom is 0.211 e. The van der Waals surface area contributed by atoms with Crippen LogP contribution in [-0.2, 0) is 4.79 Å². The first-order chi connectivity index (χ1) is 12.0. The van der Waals surface area contributed by atoms with Gasteiger partial charge >= 0.3 is 0 Å². The maximum absolute atomic E-state index is 11.5. The van der Waals surface area contributed by atoms with Crippen LogP contribution < -0.4 is 15.8 Å². The van der Waals surface area contributed by atoms with Gasteiger partial charge in [0, 0.05) is 6.08 Å². The van der Waals surface area contributed by atoms with Crippen LogP contribution in [-0.4, -0.2) is 27.7 Å². The zero-order valence-electron chi connectivity index (χ0n) is 13.2. The van der Waals surface area contributed by atoms with Crippen molar-refractivity contribution < 1.29 is 15.0 Å². The molecule has 2 heterocycles. The van der Waals surface area contributed by atoms with E-state index in [1.165, 1.54) is 16.3 Å². The van der Waals surface area contributed by atoms with Gasteiger partial charge in [0.1, 0.15) is 0 Å². The van der Waals surface area contributed by atoms with Crippen molar-refractivity contribution in [3.63, 3.8) is 0 Å². The molecular weight excluding hydrogens is 378 g/mol. The van der Waals surface area contributed by atoms with Crippen LogP contribution in [0.25, 0.3) is 6.08 Å². The fourth-order valence-corrected chi connectivity index (χ4v) is 4.25. The number of hydrogen-bond acceptors (Lipinski definition) is 8. The van der Waals surface area contributed by atoms with E-state index in [4.69, 9.17) is 12.2 Å². The topological polar surface area (TPSA) is 90.0 Å². The molecule has 3 rings (SSSR count). The summed E-state index contributed by atoms with van der Waals surface area (Å²) in [6.07, 6.45) is 3.81. The number of rotatable bonds is 6. The number of carbonyl (C=O) groups is 1. The number of thiazole rings is 1. The van der Waals surface area contributed by atoms with E-state index in [0.717, 1.165) is 22.1 Å². The second-order valence-corrected chi connectivity index (χ2v) is 7.92. The van der Waals surface area contributed by atoms with Crippen molar-refractivity contribution >= 4 is 47.4 Å². The van der Waals surface area contributed by atoms with Crippen LogP contribution in [0.15, 0.2) is 40.1 Å². The Labute approximate surface area is 156 Å². The molecule has 0 fully saturated rings. The lowest BCUT2D eigenvalue weighted by molar-refractivity contribution is -0.310. The second kappa shape index (κ2) is 7.51. The lowest BCUT2D eigenvalue weighted by Crippen LogP contribution is -2.33. The molecule has 9 heteroatoms. The van der Waals surface area contributed by atoms with Crippen LogP contribution >= 0.6 is 35.3 Å². The number of thioether (sulfide) groups is 1. The van der Waals surface area contributed by atoms with Gasteiger partial charge in [-0.1, -0.05) is 12.1 Å². The average Bonchev–Trinajstić information content (AvgIpc) is 3.10. The first-order valence-corrected chi connectivity index (χ1v) is 10.0. The van der Waals surface area contributed by atoms with Crippen molar-refractivity contribution in [2.75, 3.05) is 12.0 Å². The minimum absolute atomic E-state index is 0.195. The largest absolute Gasteiger partial charge is 0.548 e. The van der Waals surface area contributed by atoms with Crippen LogP contribution in [0, 0.1) is 3.95 Å². The highest BCUT2D eigenvalue weighted by Crippen LogP contribution is 2.33. The normalized spacial score (nSPS) is 13.7. The van der Waals surface area contributed by atoms with E-state index in [1.807, 2.05) is 30.5 Å². The van der Waals surface area contributed by atoms with Crippen molar-refractivity contribution in [2.45, 2.75) is 12.5 Å². The summed E-state index contributed by atoms with van der Waals surface area (Å²) in [6.45, 7) is 0. The molecule has 2 aromatic rings. The molecule has 0 unspecified atom stereocenters. The van der Waals surface area contributed by atoms with Crippen molar-refractivity contribution in [1.82, 2.24) is 4.57 Å². The summed E-state index contributed by atoms with van der Waals surface area (Å²) in [5, 5.41) is 23.5. The molecule has 1 aromatic heterocycles. The van der Waals surface area contributed by atoms with Crippen molar-refractivity contribution in [2.24, 2.45) is 9.98 Å². The summed E-state index contributed by atoms with van der Waals surface area (Å²) in [4.78, 5) is 20.6. The molecule has 1 aromatic carbocycles. The minimum atomic E-state index is -1.26. The van der Waals surface area contributed by atoms with Crippen LogP contribution in [0.1, 0.15) is 17.3 Å². The first-order valence-electron chi connectivity index (χ1n) is 7.39. The molecule has 130 valence electrons. The molecule has 0 radical (unpaired) electrons. The smallest absolute Gasteiger partial charge is 0.211 e.